The molecule has 1 fully saturated rings. The van der Waals surface area contributed by atoms with Crippen LogP contribution in [-0.2, 0) is 12.6 Å². The molecular weight excluding hydrogens is 565 g/mol. The summed E-state index contributed by atoms with van der Waals surface area (Å²) in [6.45, 7) is 9.97. The number of thiazole rings is 1. The minimum Gasteiger partial charge on any atom is -0.368 e. The van der Waals surface area contributed by atoms with Crippen LogP contribution in [0.1, 0.15) is 44.7 Å². The third kappa shape index (κ3) is 6.62. The third-order valence-electron chi connectivity index (χ3n) is 6.95. The van der Waals surface area contributed by atoms with Crippen molar-refractivity contribution in [3.63, 3.8) is 0 Å². The van der Waals surface area contributed by atoms with E-state index in [1.807, 2.05) is 49.6 Å². The van der Waals surface area contributed by atoms with Crippen molar-refractivity contribution in [3.05, 3.63) is 75.6 Å². The van der Waals surface area contributed by atoms with Crippen molar-refractivity contribution in [2.45, 2.75) is 40.3 Å². The van der Waals surface area contributed by atoms with Crippen LogP contribution in [0.2, 0.25) is 0 Å². The maximum atomic E-state index is 13.2. The first-order valence-corrected chi connectivity index (χ1v) is 14.4. The lowest BCUT2D eigenvalue weighted by atomic mass is 10.1. The molecule has 0 radical (unpaired) electrons. The van der Waals surface area contributed by atoms with E-state index in [2.05, 4.69) is 30.6 Å². The van der Waals surface area contributed by atoms with Gasteiger partial charge in [0.2, 0.25) is 11.9 Å². The van der Waals surface area contributed by atoms with Crippen LogP contribution in [0.15, 0.2) is 42.6 Å². The van der Waals surface area contributed by atoms with Crippen molar-refractivity contribution < 1.29 is 18.0 Å². The van der Waals surface area contributed by atoms with Crippen molar-refractivity contribution in [1.82, 2.24) is 19.9 Å². The number of halogens is 3. The summed E-state index contributed by atoms with van der Waals surface area (Å²) in [5.74, 6) is 1.12. The molecule has 0 atom stereocenters. The number of aromatic nitrogens is 4. The summed E-state index contributed by atoms with van der Waals surface area (Å²) < 4.78 is 39.5. The number of benzene rings is 2. The smallest absolute Gasteiger partial charge is 0.368 e. The van der Waals surface area contributed by atoms with Gasteiger partial charge < -0.3 is 15.1 Å². The van der Waals surface area contributed by atoms with Crippen LogP contribution >= 0.6 is 11.3 Å². The number of nitrogens with one attached hydrogen (secondary N) is 2. The number of piperazine rings is 1. The highest BCUT2D eigenvalue weighted by Gasteiger charge is 2.31. The Morgan fingerprint density at radius 1 is 0.976 bits per heavy atom. The molecule has 5 rings (SSSR count). The molecule has 4 aromatic rings. The number of hydrogen-bond donors (Lipinski definition) is 2. The predicted octanol–water partition coefficient (Wildman–Crippen LogP) is 6.16. The van der Waals surface area contributed by atoms with Crippen molar-refractivity contribution >= 4 is 45.6 Å². The van der Waals surface area contributed by atoms with E-state index < -0.39 is 11.7 Å². The van der Waals surface area contributed by atoms with Gasteiger partial charge in [-0.3, -0.25) is 10.1 Å². The van der Waals surface area contributed by atoms with E-state index >= 15 is 0 Å². The highest BCUT2D eigenvalue weighted by atomic mass is 32.1. The quantitative estimate of drug-likeness (QED) is 0.262. The fraction of sp³-hybridized carbons (Fsp3) is 0.345. The molecule has 42 heavy (non-hydrogen) atoms. The predicted molar refractivity (Wildman–Crippen MR) is 159 cm³/mol. The van der Waals surface area contributed by atoms with E-state index in [-0.39, 0.29) is 5.91 Å². The Bertz CT molecular complexity index is 1570. The fourth-order valence-electron chi connectivity index (χ4n) is 4.89. The average Bonchev–Trinajstić information content (AvgIpc) is 3.43. The average molecular weight is 597 g/mol. The number of aryl methyl sites for hydroxylation is 4. The van der Waals surface area contributed by atoms with Gasteiger partial charge in [0.05, 0.1) is 11.8 Å². The SMILES string of the molecule is CCc1nc(Nc2ncc(C(=O)Nc3c(C)cc(C)cc3C)s2)nc(N2CCN(c3cccc(C(F)(F)F)c3)CC2)n1. The standard InChI is InChI=1S/C29H31F3N8OS/c1-5-23-34-26(38-28-33-16-22(42-28)25(41)36-24-18(3)13-17(2)14-19(24)4)37-27(35-23)40-11-9-39(10-12-40)21-8-6-7-20(15-21)29(30,31)32/h6-8,13-16H,5,9-12H2,1-4H3,(H,36,41)(H,33,34,35,37,38). The molecule has 3 heterocycles. The molecule has 220 valence electrons. The topological polar surface area (TPSA) is 99.2 Å². The Kier molecular flexibility index (Phi) is 8.30. The Hall–Kier alpha value is -4.26. The maximum Gasteiger partial charge on any atom is 0.416 e. The molecule has 2 aromatic heterocycles. The fourth-order valence-corrected chi connectivity index (χ4v) is 5.60. The zero-order valence-corrected chi connectivity index (χ0v) is 24.5. The lowest BCUT2D eigenvalue weighted by molar-refractivity contribution is -0.137. The van der Waals surface area contributed by atoms with Crippen LogP contribution in [0.25, 0.3) is 0 Å². The molecule has 13 heteroatoms. The molecule has 2 aromatic carbocycles. The summed E-state index contributed by atoms with van der Waals surface area (Å²) >= 11 is 1.19. The normalized spacial score (nSPS) is 13.8. The van der Waals surface area contributed by atoms with Crippen molar-refractivity contribution in [1.29, 1.82) is 0 Å². The highest BCUT2D eigenvalue weighted by Crippen LogP contribution is 2.32. The molecule has 1 amide bonds. The second kappa shape index (κ2) is 11.9. The van der Waals surface area contributed by atoms with E-state index in [1.54, 1.807) is 6.07 Å². The number of amides is 1. The second-order valence-electron chi connectivity index (χ2n) is 10.1. The van der Waals surface area contributed by atoms with E-state index in [9.17, 15) is 18.0 Å². The lowest BCUT2D eigenvalue weighted by Gasteiger charge is -2.36. The molecule has 0 saturated carbocycles. The highest BCUT2D eigenvalue weighted by molar-refractivity contribution is 7.17. The van der Waals surface area contributed by atoms with E-state index in [0.717, 1.165) is 28.4 Å². The number of carbonyl (C=O) groups is 1. The molecule has 1 aliphatic heterocycles. The zero-order valence-electron chi connectivity index (χ0n) is 23.7. The minimum absolute atomic E-state index is 0.250. The van der Waals surface area contributed by atoms with Crippen LogP contribution in [0.3, 0.4) is 0 Å². The van der Waals surface area contributed by atoms with Gasteiger partial charge in [-0.05, 0) is 50.1 Å². The van der Waals surface area contributed by atoms with Gasteiger partial charge in [0.1, 0.15) is 10.7 Å². The Morgan fingerprint density at radius 2 is 1.67 bits per heavy atom. The number of rotatable bonds is 7. The summed E-state index contributed by atoms with van der Waals surface area (Å²) in [6, 6.07) is 9.43. The van der Waals surface area contributed by atoms with E-state index in [0.29, 0.717) is 66.0 Å². The summed E-state index contributed by atoms with van der Waals surface area (Å²) in [5.41, 5.74) is 3.78. The summed E-state index contributed by atoms with van der Waals surface area (Å²) in [4.78, 5) is 35.3. The minimum atomic E-state index is -4.39. The van der Waals surface area contributed by atoms with Gasteiger partial charge in [-0.1, -0.05) is 42.0 Å². The zero-order chi connectivity index (χ0) is 30.0. The molecule has 0 bridgehead atoms. The van der Waals surface area contributed by atoms with E-state index in [4.69, 9.17) is 0 Å². The number of carbonyl (C=O) groups excluding carboxylic acids is 1. The van der Waals surface area contributed by atoms with Gasteiger partial charge in [-0.2, -0.15) is 28.1 Å². The van der Waals surface area contributed by atoms with Gasteiger partial charge >= 0.3 is 6.18 Å². The molecule has 0 unspecified atom stereocenters. The lowest BCUT2D eigenvalue weighted by Crippen LogP contribution is -2.47. The Balaban J connectivity index is 1.26. The molecule has 1 saturated heterocycles. The van der Waals surface area contributed by atoms with Gasteiger partial charge in [0.25, 0.3) is 5.91 Å². The molecule has 2 N–H and O–H groups in total. The summed E-state index contributed by atoms with van der Waals surface area (Å²) in [7, 11) is 0. The van der Waals surface area contributed by atoms with Crippen molar-refractivity contribution in [2.24, 2.45) is 0 Å². The van der Waals surface area contributed by atoms with Crippen molar-refractivity contribution in [2.75, 3.05) is 46.6 Å². The first-order valence-electron chi connectivity index (χ1n) is 13.5. The van der Waals surface area contributed by atoms with Gasteiger partial charge in [-0.25, -0.2) is 4.98 Å². The third-order valence-corrected chi connectivity index (χ3v) is 7.86. The molecule has 1 aliphatic rings. The number of nitrogens with zero attached hydrogens (tertiary/aromatic N) is 6. The van der Waals surface area contributed by atoms with Crippen LogP contribution in [0, 0.1) is 20.8 Å². The molecule has 0 spiro atoms. The first-order chi connectivity index (χ1) is 20.0. The van der Waals surface area contributed by atoms with Crippen LogP contribution in [0.5, 0.6) is 0 Å². The Labute approximate surface area is 245 Å². The Morgan fingerprint density at radius 3 is 2.33 bits per heavy atom. The molecule has 0 aliphatic carbocycles. The second-order valence-corrected chi connectivity index (χ2v) is 11.2. The maximum absolute atomic E-state index is 13.2. The number of alkyl halides is 3. The van der Waals surface area contributed by atoms with Gasteiger partial charge in [0.15, 0.2) is 5.13 Å². The molecular formula is C29H31F3N8OS. The molecule has 9 nitrogen and oxygen atoms in total. The largest absolute Gasteiger partial charge is 0.416 e. The summed E-state index contributed by atoms with van der Waals surface area (Å²) in [5, 5.41) is 6.56. The monoisotopic (exact) mass is 596 g/mol. The number of anilines is 5. The van der Waals surface area contributed by atoms with E-state index in [1.165, 1.54) is 29.7 Å². The van der Waals surface area contributed by atoms with Crippen LogP contribution < -0.4 is 20.4 Å². The van der Waals surface area contributed by atoms with Crippen molar-refractivity contribution in [3.8, 4) is 0 Å². The summed E-state index contributed by atoms with van der Waals surface area (Å²) in [6.07, 6.45) is -2.30. The van der Waals surface area contributed by atoms with Crippen LogP contribution in [0.4, 0.5) is 41.6 Å². The number of hydrogen-bond acceptors (Lipinski definition) is 9. The first kappa shape index (κ1) is 29.2. The van der Waals surface area contributed by atoms with Gasteiger partial charge in [0, 0.05) is 44.0 Å². The van der Waals surface area contributed by atoms with Gasteiger partial charge in [-0.15, -0.1) is 0 Å². The van der Waals surface area contributed by atoms with Crippen LogP contribution in [-0.4, -0.2) is 52.0 Å².